The summed E-state index contributed by atoms with van der Waals surface area (Å²) >= 11 is 0. The van der Waals surface area contributed by atoms with Gasteiger partial charge in [0.25, 0.3) is 5.91 Å². The molecule has 1 aromatic heterocycles. The van der Waals surface area contributed by atoms with Gasteiger partial charge in [-0.25, -0.2) is 4.79 Å². The Balaban J connectivity index is 1.89. The molecule has 0 aliphatic rings. The highest BCUT2D eigenvalue weighted by Gasteiger charge is 2.13. The van der Waals surface area contributed by atoms with E-state index < -0.39 is 11.9 Å². The van der Waals surface area contributed by atoms with E-state index in [0.717, 1.165) is 22.2 Å². The fraction of sp³-hybridized carbons (Fsp3) is 0.0500. The summed E-state index contributed by atoms with van der Waals surface area (Å²) in [5, 5.41) is 21.8. The molecule has 0 bridgehead atoms. The predicted octanol–water partition coefficient (Wildman–Crippen LogP) is 3.72. The fourth-order valence-corrected chi connectivity index (χ4v) is 2.67. The molecule has 2 aromatic carbocycles. The van der Waals surface area contributed by atoms with Crippen LogP contribution >= 0.6 is 0 Å². The van der Waals surface area contributed by atoms with E-state index in [1.165, 1.54) is 24.3 Å². The number of rotatable bonds is 4. The van der Waals surface area contributed by atoms with E-state index in [2.05, 4.69) is 10.3 Å². The molecule has 3 aromatic rings. The number of carbonyl (C=O) groups excluding carboxylic acids is 1. The molecule has 128 valence electrons. The Labute approximate surface area is 149 Å². The number of hydrogen-bond acceptors (Lipinski definition) is 3. The number of para-hydroxylation sites is 1. The molecule has 1 amide bonds. The Hall–Kier alpha value is -3.85. The van der Waals surface area contributed by atoms with Crippen LogP contribution in [0, 0.1) is 18.3 Å². The van der Waals surface area contributed by atoms with Crippen LogP contribution in [0.5, 0.6) is 0 Å². The summed E-state index contributed by atoms with van der Waals surface area (Å²) in [7, 11) is 0. The summed E-state index contributed by atoms with van der Waals surface area (Å²) in [6.07, 6.45) is 1.55. The zero-order valence-electron chi connectivity index (χ0n) is 13.9. The molecule has 0 aliphatic carbocycles. The highest BCUT2D eigenvalue weighted by atomic mass is 16.4. The van der Waals surface area contributed by atoms with Crippen molar-refractivity contribution < 1.29 is 14.7 Å². The molecule has 0 aliphatic heterocycles. The Bertz CT molecular complexity index is 1070. The van der Waals surface area contributed by atoms with E-state index in [4.69, 9.17) is 5.11 Å². The number of carbonyl (C=O) groups is 2. The number of nitrogens with zero attached hydrogens (tertiary/aromatic N) is 1. The number of fused-ring (bicyclic) bond motifs is 1. The molecule has 26 heavy (non-hydrogen) atoms. The average molecular weight is 345 g/mol. The van der Waals surface area contributed by atoms with Crippen molar-refractivity contribution in [2.75, 3.05) is 5.32 Å². The van der Waals surface area contributed by atoms with Gasteiger partial charge < -0.3 is 15.4 Å². The van der Waals surface area contributed by atoms with Crippen molar-refractivity contribution in [2.45, 2.75) is 6.92 Å². The summed E-state index contributed by atoms with van der Waals surface area (Å²) in [6, 6.07) is 15.3. The van der Waals surface area contributed by atoms with Gasteiger partial charge in [-0.2, -0.15) is 5.26 Å². The standard InChI is InChI=1S/C20H15N3O3/c1-12-17(16-4-2-3-5-18(16)22-12)10-14(11-21)19(24)23-15-8-6-13(7-9-15)20(25)26/h2-10,22H,1H3,(H,23,24)(H,25,26)/b14-10+. The first kappa shape index (κ1) is 17.0. The number of aromatic nitrogens is 1. The lowest BCUT2D eigenvalue weighted by molar-refractivity contribution is -0.112. The van der Waals surface area contributed by atoms with Gasteiger partial charge in [0.05, 0.1) is 5.56 Å². The van der Waals surface area contributed by atoms with Crippen molar-refractivity contribution in [2.24, 2.45) is 0 Å². The van der Waals surface area contributed by atoms with Gasteiger partial charge in [-0.3, -0.25) is 4.79 Å². The SMILES string of the molecule is Cc1[nH]c2ccccc2c1/C=C(\C#N)C(=O)Nc1ccc(C(=O)O)cc1. The van der Waals surface area contributed by atoms with Gasteiger partial charge >= 0.3 is 5.97 Å². The molecule has 6 nitrogen and oxygen atoms in total. The van der Waals surface area contributed by atoms with Gasteiger partial charge in [0.1, 0.15) is 11.6 Å². The maximum Gasteiger partial charge on any atom is 0.335 e. The number of aromatic amines is 1. The van der Waals surface area contributed by atoms with Crippen LogP contribution in [-0.4, -0.2) is 22.0 Å². The van der Waals surface area contributed by atoms with Crippen LogP contribution in [0.15, 0.2) is 54.1 Å². The number of anilines is 1. The number of carboxylic acids is 1. The number of aromatic carboxylic acids is 1. The minimum Gasteiger partial charge on any atom is -0.478 e. The normalized spacial score (nSPS) is 11.2. The van der Waals surface area contributed by atoms with E-state index in [1.807, 2.05) is 37.3 Å². The number of hydrogen-bond donors (Lipinski definition) is 3. The van der Waals surface area contributed by atoms with Gasteiger partial charge in [-0.05, 0) is 43.3 Å². The van der Waals surface area contributed by atoms with E-state index >= 15 is 0 Å². The molecular weight excluding hydrogens is 330 g/mol. The molecule has 0 spiro atoms. The third-order valence-electron chi connectivity index (χ3n) is 3.99. The quantitative estimate of drug-likeness (QED) is 0.495. The number of aryl methyl sites for hydroxylation is 1. The van der Waals surface area contributed by atoms with Crippen LogP contribution < -0.4 is 5.32 Å². The maximum absolute atomic E-state index is 12.4. The van der Waals surface area contributed by atoms with Gasteiger partial charge in [0.15, 0.2) is 0 Å². The monoisotopic (exact) mass is 345 g/mol. The molecule has 1 heterocycles. The molecule has 3 rings (SSSR count). The second-order valence-electron chi connectivity index (χ2n) is 5.72. The largest absolute Gasteiger partial charge is 0.478 e. The zero-order chi connectivity index (χ0) is 18.7. The molecular formula is C20H15N3O3. The molecule has 6 heteroatoms. The summed E-state index contributed by atoms with van der Waals surface area (Å²) in [4.78, 5) is 26.5. The van der Waals surface area contributed by atoms with E-state index in [1.54, 1.807) is 6.08 Å². The van der Waals surface area contributed by atoms with Crippen molar-refractivity contribution in [3.63, 3.8) is 0 Å². The van der Waals surface area contributed by atoms with Crippen molar-refractivity contribution in [1.29, 1.82) is 5.26 Å². The fourth-order valence-electron chi connectivity index (χ4n) is 2.67. The first-order valence-corrected chi connectivity index (χ1v) is 7.83. The highest BCUT2D eigenvalue weighted by Crippen LogP contribution is 2.24. The molecule has 0 saturated carbocycles. The molecule has 3 N–H and O–H groups in total. The van der Waals surface area contributed by atoms with Crippen LogP contribution in [0.2, 0.25) is 0 Å². The van der Waals surface area contributed by atoms with E-state index in [9.17, 15) is 14.9 Å². The van der Waals surface area contributed by atoms with Gasteiger partial charge in [0, 0.05) is 27.8 Å². The van der Waals surface area contributed by atoms with Gasteiger partial charge in [-0.15, -0.1) is 0 Å². The lowest BCUT2D eigenvalue weighted by Gasteiger charge is -2.05. The lowest BCUT2D eigenvalue weighted by Crippen LogP contribution is -2.13. The number of carboxylic acid groups (broad SMARTS) is 1. The Morgan fingerprint density at radius 3 is 2.50 bits per heavy atom. The second-order valence-corrected chi connectivity index (χ2v) is 5.72. The number of nitriles is 1. The van der Waals surface area contributed by atoms with Crippen molar-refractivity contribution in [1.82, 2.24) is 4.98 Å². The maximum atomic E-state index is 12.4. The molecule has 0 saturated heterocycles. The number of H-pyrrole nitrogens is 1. The molecule has 0 fully saturated rings. The number of benzene rings is 2. The third kappa shape index (κ3) is 3.32. The topological polar surface area (TPSA) is 106 Å². The lowest BCUT2D eigenvalue weighted by atomic mass is 10.1. The zero-order valence-corrected chi connectivity index (χ0v) is 13.9. The summed E-state index contributed by atoms with van der Waals surface area (Å²) in [6.45, 7) is 1.88. The van der Waals surface area contributed by atoms with Crippen LogP contribution in [0.4, 0.5) is 5.69 Å². The molecule has 0 atom stereocenters. The van der Waals surface area contributed by atoms with Crippen LogP contribution in [0.1, 0.15) is 21.6 Å². The summed E-state index contributed by atoms with van der Waals surface area (Å²) < 4.78 is 0. The first-order valence-electron chi connectivity index (χ1n) is 7.83. The van der Waals surface area contributed by atoms with Gasteiger partial charge in [0.2, 0.25) is 0 Å². The average Bonchev–Trinajstić information content (AvgIpc) is 2.95. The Kier molecular flexibility index (Phi) is 4.54. The smallest absolute Gasteiger partial charge is 0.335 e. The number of nitrogens with one attached hydrogen (secondary N) is 2. The third-order valence-corrected chi connectivity index (χ3v) is 3.99. The van der Waals surface area contributed by atoms with E-state index in [0.29, 0.717) is 5.69 Å². The molecule has 0 unspecified atom stereocenters. The highest BCUT2D eigenvalue weighted by molar-refractivity contribution is 6.11. The second kappa shape index (κ2) is 6.95. The van der Waals surface area contributed by atoms with Gasteiger partial charge in [-0.1, -0.05) is 18.2 Å². The summed E-state index contributed by atoms with van der Waals surface area (Å²) in [5.41, 5.74) is 3.06. The van der Waals surface area contributed by atoms with Crippen molar-refractivity contribution in [3.8, 4) is 6.07 Å². The first-order chi connectivity index (χ1) is 12.5. The van der Waals surface area contributed by atoms with E-state index in [-0.39, 0.29) is 11.1 Å². The number of amides is 1. The molecule has 0 radical (unpaired) electrons. The van der Waals surface area contributed by atoms with Crippen LogP contribution in [0.25, 0.3) is 17.0 Å². The van der Waals surface area contributed by atoms with Crippen molar-refractivity contribution in [3.05, 3.63) is 70.9 Å². The Morgan fingerprint density at radius 2 is 1.85 bits per heavy atom. The van der Waals surface area contributed by atoms with Crippen molar-refractivity contribution >= 4 is 34.5 Å². The minimum atomic E-state index is -1.05. The van der Waals surface area contributed by atoms with Crippen LogP contribution in [0.3, 0.4) is 0 Å². The van der Waals surface area contributed by atoms with Crippen LogP contribution in [-0.2, 0) is 4.79 Å². The minimum absolute atomic E-state index is 0.0415. The Morgan fingerprint density at radius 1 is 1.15 bits per heavy atom. The predicted molar refractivity (Wildman–Crippen MR) is 98.7 cm³/mol. The summed E-state index contributed by atoms with van der Waals surface area (Å²) in [5.74, 6) is -1.60.